The molecule has 0 saturated heterocycles. The predicted octanol–water partition coefficient (Wildman–Crippen LogP) is 5.74. The van der Waals surface area contributed by atoms with Crippen molar-refractivity contribution in [1.82, 2.24) is 0 Å². The second kappa shape index (κ2) is 10.00. The molecule has 0 radical (unpaired) electrons. The molecule has 2 aromatic carbocycles. The average Bonchev–Trinajstić information content (AvgIpc) is 2.65. The van der Waals surface area contributed by atoms with E-state index in [2.05, 4.69) is 13.8 Å². The smallest absolute Gasteiger partial charge is 0.343 e. The number of hydrogen-bond acceptors (Lipinski definition) is 3. The minimum atomic E-state index is -0.322. The Morgan fingerprint density at radius 1 is 1.00 bits per heavy atom. The van der Waals surface area contributed by atoms with Gasteiger partial charge in [0, 0.05) is 6.61 Å². The van der Waals surface area contributed by atoms with Gasteiger partial charge in [0.1, 0.15) is 5.75 Å². The number of benzene rings is 2. The molecule has 0 heterocycles. The Balaban J connectivity index is 2.04. The Morgan fingerprint density at radius 2 is 1.72 bits per heavy atom. The highest BCUT2D eigenvalue weighted by Gasteiger charge is 2.12. The van der Waals surface area contributed by atoms with Crippen LogP contribution >= 0.6 is 0 Å². The van der Waals surface area contributed by atoms with Crippen molar-refractivity contribution in [2.45, 2.75) is 52.6 Å². The van der Waals surface area contributed by atoms with Gasteiger partial charge in [0.25, 0.3) is 0 Å². The fraction of sp³-hybridized carbons (Fsp3) is 0.409. The van der Waals surface area contributed by atoms with Gasteiger partial charge in [-0.25, -0.2) is 4.79 Å². The molecule has 0 bridgehead atoms. The third-order valence-corrected chi connectivity index (χ3v) is 4.16. The minimum absolute atomic E-state index is 0.0276. The Hall–Kier alpha value is -2.13. The average molecular weight is 340 g/mol. The number of rotatable bonds is 9. The zero-order valence-corrected chi connectivity index (χ0v) is 15.5. The van der Waals surface area contributed by atoms with Crippen molar-refractivity contribution in [2.75, 3.05) is 6.61 Å². The molecule has 0 aliphatic carbocycles. The molecule has 2 rings (SSSR count). The molecule has 25 heavy (non-hydrogen) atoms. The summed E-state index contributed by atoms with van der Waals surface area (Å²) in [5.74, 6) is 0.335. The lowest BCUT2D eigenvalue weighted by atomic mass is 10.1. The molecular formula is C22H28O3. The summed E-state index contributed by atoms with van der Waals surface area (Å²) in [6, 6.07) is 15.2. The maximum atomic E-state index is 12.4. The normalized spacial score (nSPS) is 12.0. The summed E-state index contributed by atoms with van der Waals surface area (Å²) in [5, 5.41) is 0. The summed E-state index contributed by atoms with van der Waals surface area (Å²) in [4.78, 5) is 12.4. The Morgan fingerprint density at radius 3 is 2.40 bits per heavy atom. The largest absolute Gasteiger partial charge is 0.423 e. The number of esters is 1. The van der Waals surface area contributed by atoms with Gasteiger partial charge in [0.15, 0.2) is 0 Å². The van der Waals surface area contributed by atoms with Gasteiger partial charge in [-0.2, -0.15) is 0 Å². The lowest BCUT2D eigenvalue weighted by Crippen LogP contribution is -2.10. The van der Waals surface area contributed by atoms with E-state index in [1.807, 2.05) is 43.3 Å². The molecule has 0 amide bonds. The number of hydrogen-bond donors (Lipinski definition) is 0. The summed E-state index contributed by atoms with van der Waals surface area (Å²) in [6.07, 6.45) is 4.14. The molecule has 0 aliphatic heterocycles. The second-order valence-corrected chi connectivity index (χ2v) is 6.24. The molecule has 1 unspecified atom stereocenters. The molecule has 0 saturated carbocycles. The molecular weight excluding hydrogens is 312 g/mol. The molecule has 134 valence electrons. The van der Waals surface area contributed by atoms with Gasteiger partial charge < -0.3 is 9.47 Å². The number of para-hydroxylation sites is 1. The number of unbranched alkanes of at least 4 members (excludes halogenated alkanes) is 1. The van der Waals surface area contributed by atoms with E-state index in [0.717, 1.165) is 43.4 Å². The molecule has 3 heteroatoms. The van der Waals surface area contributed by atoms with Gasteiger partial charge in [0.2, 0.25) is 0 Å². The fourth-order valence-electron chi connectivity index (χ4n) is 2.62. The summed E-state index contributed by atoms with van der Waals surface area (Å²) in [7, 11) is 0. The maximum absolute atomic E-state index is 12.4. The van der Waals surface area contributed by atoms with Gasteiger partial charge in [0.05, 0.1) is 11.7 Å². The van der Waals surface area contributed by atoms with E-state index in [9.17, 15) is 4.79 Å². The van der Waals surface area contributed by atoms with Crippen LogP contribution in [0.15, 0.2) is 48.5 Å². The van der Waals surface area contributed by atoms with Crippen molar-refractivity contribution in [2.24, 2.45) is 0 Å². The van der Waals surface area contributed by atoms with Crippen LogP contribution in [0.4, 0.5) is 0 Å². The highest BCUT2D eigenvalue weighted by Crippen LogP contribution is 2.22. The van der Waals surface area contributed by atoms with Crippen LogP contribution in [-0.4, -0.2) is 12.6 Å². The topological polar surface area (TPSA) is 35.5 Å². The lowest BCUT2D eigenvalue weighted by Gasteiger charge is -2.13. The van der Waals surface area contributed by atoms with Crippen LogP contribution in [-0.2, 0) is 11.2 Å². The van der Waals surface area contributed by atoms with Crippen LogP contribution in [0.2, 0.25) is 0 Å². The van der Waals surface area contributed by atoms with Crippen molar-refractivity contribution >= 4 is 5.97 Å². The summed E-state index contributed by atoms with van der Waals surface area (Å²) in [6.45, 7) is 7.00. The summed E-state index contributed by atoms with van der Waals surface area (Å²) < 4.78 is 11.3. The van der Waals surface area contributed by atoms with Crippen LogP contribution < -0.4 is 4.74 Å². The molecule has 0 spiro atoms. The van der Waals surface area contributed by atoms with Crippen LogP contribution in [0.25, 0.3) is 0 Å². The predicted molar refractivity (Wildman–Crippen MR) is 101 cm³/mol. The molecule has 1 atom stereocenters. The zero-order valence-electron chi connectivity index (χ0n) is 15.5. The quantitative estimate of drug-likeness (QED) is 0.431. The highest BCUT2D eigenvalue weighted by molar-refractivity contribution is 5.91. The van der Waals surface area contributed by atoms with E-state index in [0.29, 0.717) is 11.3 Å². The van der Waals surface area contributed by atoms with E-state index >= 15 is 0 Å². The Kier molecular flexibility index (Phi) is 7.68. The first-order valence-corrected chi connectivity index (χ1v) is 9.17. The van der Waals surface area contributed by atoms with Crippen molar-refractivity contribution < 1.29 is 14.3 Å². The van der Waals surface area contributed by atoms with Crippen LogP contribution in [0.3, 0.4) is 0 Å². The zero-order chi connectivity index (χ0) is 18.1. The third-order valence-electron chi connectivity index (χ3n) is 4.16. The third kappa shape index (κ3) is 5.71. The summed E-state index contributed by atoms with van der Waals surface area (Å²) >= 11 is 0. The van der Waals surface area contributed by atoms with Crippen molar-refractivity contribution in [1.29, 1.82) is 0 Å². The van der Waals surface area contributed by atoms with Gasteiger partial charge in [-0.1, -0.05) is 50.6 Å². The van der Waals surface area contributed by atoms with E-state index in [4.69, 9.17) is 9.47 Å². The van der Waals surface area contributed by atoms with Gasteiger partial charge in [-0.05, 0) is 55.5 Å². The van der Waals surface area contributed by atoms with Crippen LogP contribution in [0.5, 0.6) is 5.75 Å². The standard InChI is InChI=1S/C22H28O3/c1-4-6-9-19-10-7-8-11-21(19)25-22(23)20-14-12-18(13-15-20)17(3)24-16-5-2/h7-8,10-15,17H,4-6,9,16H2,1-3H3. The summed E-state index contributed by atoms with van der Waals surface area (Å²) in [5.41, 5.74) is 2.70. The van der Waals surface area contributed by atoms with E-state index in [1.54, 1.807) is 12.1 Å². The van der Waals surface area contributed by atoms with E-state index in [-0.39, 0.29) is 12.1 Å². The molecule has 3 nitrogen and oxygen atoms in total. The van der Waals surface area contributed by atoms with Gasteiger partial charge in [-0.3, -0.25) is 0 Å². The highest BCUT2D eigenvalue weighted by atomic mass is 16.5. The second-order valence-electron chi connectivity index (χ2n) is 6.24. The number of aryl methyl sites for hydroxylation is 1. The molecule has 0 N–H and O–H groups in total. The molecule has 0 aromatic heterocycles. The Labute approximate surface area is 151 Å². The number of carbonyl (C=O) groups excluding carboxylic acids is 1. The van der Waals surface area contributed by atoms with Crippen molar-refractivity contribution in [3.63, 3.8) is 0 Å². The first-order chi connectivity index (χ1) is 12.2. The number of carbonyl (C=O) groups is 1. The Bertz CT molecular complexity index is 661. The SMILES string of the molecule is CCCCc1ccccc1OC(=O)c1ccc(C(C)OCCC)cc1. The minimum Gasteiger partial charge on any atom is -0.423 e. The molecule has 0 aliphatic rings. The first kappa shape index (κ1) is 19.2. The van der Waals surface area contributed by atoms with E-state index < -0.39 is 0 Å². The monoisotopic (exact) mass is 340 g/mol. The van der Waals surface area contributed by atoms with Gasteiger partial charge in [-0.15, -0.1) is 0 Å². The lowest BCUT2D eigenvalue weighted by molar-refractivity contribution is 0.0660. The van der Waals surface area contributed by atoms with Gasteiger partial charge >= 0.3 is 5.97 Å². The number of ether oxygens (including phenoxy) is 2. The first-order valence-electron chi connectivity index (χ1n) is 9.17. The van der Waals surface area contributed by atoms with Crippen molar-refractivity contribution in [3.8, 4) is 5.75 Å². The van der Waals surface area contributed by atoms with Crippen molar-refractivity contribution in [3.05, 3.63) is 65.2 Å². The van der Waals surface area contributed by atoms with Crippen LogP contribution in [0, 0.1) is 0 Å². The maximum Gasteiger partial charge on any atom is 0.343 e. The van der Waals surface area contributed by atoms with Crippen LogP contribution in [0.1, 0.15) is 67.6 Å². The van der Waals surface area contributed by atoms with E-state index in [1.165, 1.54) is 0 Å². The molecule has 2 aromatic rings. The fourth-order valence-corrected chi connectivity index (χ4v) is 2.62. The molecule has 0 fully saturated rings.